The van der Waals surface area contributed by atoms with E-state index < -0.39 is 17.7 Å². The van der Waals surface area contributed by atoms with E-state index in [9.17, 15) is 19.8 Å². The monoisotopic (exact) mass is 454 g/mol. The number of nitrogens with zero attached hydrogens (tertiary/aromatic N) is 2. The molecule has 8 nitrogen and oxygen atoms in total. The maximum atomic E-state index is 13.1. The van der Waals surface area contributed by atoms with Crippen molar-refractivity contribution in [2.45, 2.75) is 19.9 Å². The maximum Gasteiger partial charge on any atom is 0.295 e. The first-order valence-electron chi connectivity index (χ1n) is 10.9. The molecule has 1 aliphatic heterocycles. The van der Waals surface area contributed by atoms with Crippen molar-refractivity contribution >= 4 is 17.4 Å². The number of rotatable bonds is 9. The van der Waals surface area contributed by atoms with Crippen LogP contribution in [0.3, 0.4) is 0 Å². The van der Waals surface area contributed by atoms with Gasteiger partial charge in [-0.25, -0.2) is 0 Å². The molecule has 1 saturated heterocycles. The Morgan fingerprint density at radius 2 is 1.79 bits per heavy atom. The van der Waals surface area contributed by atoms with Gasteiger partial charge in [0.05, 0.1) is 24.8 Å². The van der Waals surface area contributed by atoms with Crippen LogP contribution in [0.5, 0.6) is 17.2 Å². The molecule has 0 aliphatic carbocycles. The third kappa shape index (κ3) is 5.12. The van der Waals surface area contributed by atoms with Gasteiger partial charge in [0.1, 0.15) is 11.5 Å². The first-order chi connectivity index (χ1) is 15.8. The van der Waals surface area contributed by atoms with Gasteiger partial charge in [-0.1, -0.05) is 18.2 Å². The van der Waals surface area contributed by atoms with Gasteiger partial charge in [-0.2, -0.15) is 0 Å². The summed E-state index contributed by atoms with van der Waals surface area (Å²) in [5, 5.41) is 21.3. The van der Waals surface area contributed by atoms with E-state index in [0.29, 0.717) is 36.6 Å². The number of aliphatic hydroxyl groups excluding tert-OH is 1. The van der Waals surface area contributed by atoms with Crippen molar-refractivity contribution in [3.8, 4) is 17.2 Å². The van der Waals surface area contributed by atoms with Gasteiger partial charge in [0.15, 0.2) is 11.5 Å². The molecule has 8 heteroatoms. The maximum absolute atomic E-state index is 13.1. The average Bonchev–Trinajstić information content (AvgIpc) is 3.04. The van der Waals surface area contributed by atoms with Crippen molar-refractivity contribution in [2.24, 2.45) is 0 Å². The Labute approximate surface area is 193 Å². The normalized spacial score (nSPS) is 17.6. The van der Waals surface area contributed by atoms with E-state index >= 15 is 0 Å². The minimum Gasteiger partial charge on any atom is -0.507 e. The van der Waals surface area contributed by atoms with Crippen LogP contribution in [0.25, 0.3) is 5.76 Å². The smallest absolute Gasteiger partial charge is 0.295 e. The Morgan fingerprint density at radius 3 is 2.45 bits per heavy atom. The van der Waals surface area contributed by atoms with Gasteiger partial charge in [-0.05, 0) is 57.8 Å². The SMILES string of the molecule is CCOc1cccc(C(O)=C2C(=O)C(=O)N(CCN(C)C)C2c2ccc(O)c(OCC)c2)c1. The van der Waals surface area contributed by atoms with Crippen LogP contribution in [0.15, 0.2) is 48.0 Å². The number of aromatic hydroxyl groups is 1. The van der Waals surface area contributed by atoms with Crippen LogP contribution >= 0.6 is 0 Å². The van der Waals surface area contributed by atoms with Gasteiger partial charge < -0.3 is 29.5 Å². The highest BCUT2D eigenvalue weighted by Crippen LogP contribution is 2.42. The number of likely N-dealkylation sites (N-methyl/N-ethyl adjacent to an activating group) is 1. The summed E-state index contributed by atoms with van der Waals surface area (Å²) in [5.74, 6) is -0.984. The molecule has 0 bridgehead atoms. The van der Waals surface area contributed by atoms with Gasteiger partial charge in [-0.3, -0.25) is 9.59 Å². The molecule has 0 radical (unpaired) electrons. The summed E-state index contributed by atoms with van der Waals surface area (Å²) in [7, 11) is 3.75. The predicted octanol–water partition coefficient (Wildman–Crippen LogP) is 3.17. The molecule has 0 saturated carbocycles. The minimum atomic E-state index is -0.833. The Balaban J connectivity index is 2.17. The van der Waals surface area contributed by atoms with Crippen molar-refractivity contribution in [1.29, 1.82) is 0 Å². The van der Waals surface area contributed by atoms with Crippen molar-refractivity contribution in [3.05, 3.63) is 59.2 Å². The molecule has 33 heavy (non-hydrogen) atoms. The highest BCUT2D eigenvalue weighted by molar-refractivity contribution is 6.46. The number of hydrogen-bond acceptors (Lipinski definition) is 7. The predicted molar refractivity (Wildman–Crippen MR) is 124 cm³/mol. The number of phenols is 1. The molecule has 1 atom stereocenters. The number of likely N-dealkylation sites (tertiary alicyclic amines) is 1. The molecule has 1 unspecified atom stereocenters. The van der Waals surface area contributed by atoms with Crippen LogP contribution in [0.1, 0.15) is 31.0 Å². The summed E-state index contributed by atoms with van der Waals surface area (Å²) in [4.78, 5) is 29.5. The molecule has 1 fully saturated rings. The first kappa shape index (κ1) is 24.1. The van der Waals surface area contributed by atoms with Crippen molar-refractivity contribution in [3.63, 3.8) is 0 Å². The number of phenolic OH excluding ortho intramolecular Hbond substituents is 1. The number of amides is 1. The molecule has 176 valence electrons. The van der Waals surface area contributed by atoms with E-state index in [1.807, 2.05) is 25.9 Å². The fourth-order valence-corrected chi connectivity index (χ4v) is 3.79. The lowest BCUT2D eigenvalue weighted by Crippen LogP contribution is -2.35. The fourth-order valence-electron chi connectivity index (χ4n) is 3.79. The standard InChI is InChI=1S/C25H30N2O6/c1-5-32-18-9-7-8-17(14-18)23(29)21-22(16-10-11-19(28)20(15-16)33-6-2)27(13-12-26(3)4)25(31)24(21)30/h7-11,14-15,22,28-29H,5-6,12-13H2,1-4H3. The van der Waals surface area contributed by atoms with Gasteiger partial charge >= 0.3 is 0 Å². The second kappa shape index (κ2) is 10.4. The van der Waals surface area contributed by atoms with E-state index in [4.69, 9.17) is 9.47 Å². The van der Waals surface area contributed by atoms with Crippen LogP contribution in [0.4, 0.5) is 0 Å². The molecule has 3 rings (SSSR count). The highest BCUT2D eigenvalue weighted by atomic mass is 16.5. The lowest BCUT2D eigenvalue weighted by atomic mass is 9.95. The molecule has 2 N–H and O–H groups in total. The number of benzene rings is 2. The van der Waals surface area contributed by atoms with E-state index in [0.717, 1.165) is 0 Å². The third-order valence-corrected chi connectivity index (χ3v) is 5.35. The molecule has 1 heterocycles. The number of ketones is 1. The van der Waals surface area contributed by atoms with Gasteiger partial charge in [0.2, 0.25) is 0 Å². The van der Waals surface area contributed by atoms with Gasteiger partial charge in [-0.15, -0.1) is 0 Å². The van der Waals surface area contributed by atoms with Crippen LogP contribution in [0.2, 0.25) is 0 Å². The number of aliphatic hydroxyl groups is 1. The lowest BCUT2D eigenvalue weighted by molar-refractivity contribution is -0.140. The van der Waals surface area contributed by atoms with Gasteiger partial charge in [0.25, 0.3) is 11.7 Å². The fraction of sp³-hybridized carbons (Fsp3) is 0.360. The summed E-state index contributed by atoms with van der Waals surface area (Å²) >= 11 is 0. The van der Waals surface area contributed by atoms with Crippen molar-refractivity contribution in [2.75, 3.05) is 40.4 Å². The summed E-state index contributed by atoms with van der Waals surface area (Å²) in [5.41, 5.74) is 0.914. The lowest BCUT2D eigenvalue weighted by Gasteiger charge is -2.27. The zero-order chi connectivity index (χ0) is 24.1. The molecule has 0 aromatic heterocycles. The van der Waals surface area contributed by atoms with Crippen molar-refractivity contribution in [1.82, 2.24) is 9.80 Å². The van der Waals surface area contributed by atoms with Crippen LogP contribution in [-0.2, 0) is 9.59 Å². The zero-order valence-corrected chi connectivity index (χ0v) is 19.4. The van der Waals surface area contributed by atoms with Crippen LogP contribution < -0.4 is 9.47 Å². The Morgan fingerprint density at radius 1 is 1.06 bits per heavy atom. The quantitative estimate of drug-likeness (QED) is 0.341. The minimum absolute atomic E-state index is 0.0134. The summed E-state index contributed by atoms with van der Waals surface area (Å²) in [6, 6.07) is 10.6. The molecule has 1 amide bonds. The molecular weight excluding hydrogens is 424 g/mol. The Kier molecular flexibility index (Phi) is 7.60. The molecule has 0 spiro atoms. The molecule has 2 aromatic rings. The molecule has 1 aliphatic rings. The number of hydrogen-bond donors (Lipinski definition) is 2. The number of Topliss-reactive ketones (excluding diaryl/α,β-unsaturated/α-hetero) is 1. The molecular formula is C25H30N2O6. The zero-order valence-electron chi connectivity index (χ0n) is 19.4. The topological polar surface area (TPSA) is 99.5 Å². The van der Waals surface area contributed by atoms with Gasteiger partial charge in [0, 0.05) is 18.7 Å². The van der Waals surface area contributed by atoms with E-state index in [2.05, 4.69) is 0 Å². The van der Waals surface area contributed by atoms with Crippen molar-refractivity contribution < 1.29 is 29.3 Å². The van der Waals surface area contributed by atoms with Crippen LogP contribution in [0, 0.1) is 0 Å². The second-order valence-corrected chi connectivity index (χ2v) is 7.92. The first-order valence-corrected chi connectivity index (χ1v) is 10.9. The number of carbonyl (C=O) groups excluding carboxylic acids is 2. The van der Waals surface area contributed by atoms with E-state index in [1.54, 1.807) is 43.3 Å². The molecule has 2 aromatic carbocycles. The van der Waals surface area contributed by atoms with E-state index in [1.165, 1.54) is 11.0 Å². The average molecular weight is 455 g/mol. The van der Waals surface area contributed by atoms with E-state index in [-0.39, 0.29) is 29.4 Å². The summed E-state index contributed by atoms with van der Waals surface area (Å²) in [6.45, 7) is 5.24. The summed E-state index contributed by atoms with van der Waals surface area (Å²) < 4.78 is 11.0. The Bertz CT molecular complexity index is 1060. The number of ether oxygens (including phenoxy) is 2. The largest absolute Gasteiger partial charge is 0.507 e. The summed E-state index contributed by atoms with van der Waals surface area (Å²) in [6.07, 6.45) is 0. The highest BCUT2D eigenvalue weighted by Gasteiger charge is 2.46. The third-order valence-electron chi connectivity index (χ3n) is 5.35. The number of carbonyl (C=O) groups is 2. The second-order valence-electron chi connectivity index (χ2n) is 7.92. The Hall–Kier alpha value is -3.52. The van der Waals surface area contributed by atoms with Crippen LogP contribution in [-0.4, -0.2) is 72.1 Å².